The minimum Gasteiger partial charge on any atom is -0.488 e. The molecule has 0 aliphatic carbocycles. The van der Waals surface area contributed by atoms with Crippen molar-refractivity contribution in [1.29, 1.82) is 0 Å². The second-order valence-corrected chi connectivity index (χ2v) is 9.70. The van der Waals surface area contributed by atoms with Crippen molar-refractivity contribution < 1.29 is 14.3 Å². The third-order valence-corrected chi connectivity index (χ3v) is 6.79. The Morgan fingerprint density at radius 1 is 1.17 bits per heavy atom. The van der Waals surface area contributed by atoms with Crippen molar-refractivity contribution in [1.82, 2.24) is 15.2 Å². The fourth-order valence-corrected chi connectivity index (χ4v) is 4.98. The number of ether oxygens (including phenoxy) is 2. The molecule has 0 spiro atoms. The van der Waals surface area contributed by atoms with Crippen LogP contribution in [0, 0.1) is 0 Å². The largest absolute Gasteiger partial charge is 0.488 e. The highest BCUT2D eigenvalue weighted by atomic mass is 16.5. The van der Waals surface area contributed by atoms with E-state index < -0.39 is 5.92 Å². The molecule has 2 N–H and O–H groups in total. The van der Waals surface area contributed by atoms with E-state index in [1.54, 1.807) is 6.20 Å². The highest BCUT2D eigenvalue weighted by molar-refractivity contribution is 5.84. The summed E-state index contributed by atoms with van der Waals surface area (Å²) in [6.45, 7) is 4.20. The van der Waals surface area contributed by atoms with Crippen LogP contribution in [-0.4, -0.2) is 33.9 Å². The first-order valence-electron chi connectivity index (χ1n) is 11.9. The number of pyridine rings is 1. The van der Waals surface area contributed by atoms with Gasteiger partial charge in [-0.3, -0.25) is 19.7 Å². The zero-order chi connectivity index (χ0) is 24.6. The molecule has 0 saturated carbocycles. The molecule has 2 aromatic carbocycles. The van der Waals surface area contributed by atoms with Gasteiger partial charge in [-0.2, -0.15) is 0 Å². The molecule has 3 heterocycles. The number of aromatic amines is 2. The van der Waals surface area contributed by atoms with Gasteiger partial charge in [0.15, 0.2) is 0 Å². The molecular weight excluding hydrogens is 442 g/mol. The molecular formula is C28H29N3O4. The van der Waals surface area contributed by atoms with Crippen LogP contribution in [0.1, 0.15) is 60.6 Å². The van der Waals surface area contributed by atoms with Gasteiger partial charge in [-0.1, -0.05) is 30.3 Å². The maximum Gasteiger partial charge on any atom is 0.306 e. The number of benzene rings is 2. The molecule has 1 aliphatic heterocycles. The van der Waals surface area contributed by atoms with Gasteiger partial charge in [0.2, 0.25) is 0 Å². The number of hydrogen-bond acceptors (Lipinski definition) is 5. The Bertz CT molecular complexity index is 1440. The summed E-state index contributed by atoms with van der Waals surface area (Å²) in [4.78, 5) is 30.0. The zero-order valence-corrected chi connectivity index (χ0v) is 20.2. The molecule has 0 radical (unpaired) electrons. The number of rotatable bonds is 6. The molecule has 0 saturated heterocycles. The highest BCUT2D eigenvalue weighted by Gasteiger charge is 2.29. The molecule has 180 valence electrons. The number of fused-ring (bicyclic) bond motifs is 2. The standard InChI is InChI=1S/C28H29N3O4/c1-28(2)12-10-18-14-17(8-9-24(18)35-28)15-23-26(27(33)31-30-23)21(16-25(32)34-3)19-11-13-29-22-7-5-4-6-20(19)22/h4-9,11,13-14,21H,10,12,15-16H2,1-3H3,(H2,30,31,33). The van der Waals surface area contributed by atoms with Crippen molar-refractivity contribution in [2.45, 2.75) is 51.0 Å². The van der Waals surface area contributed by atoms with E-state index in [1.165, 1.54) is 12.7 Å². The number of hydrogen-bond donors (Lipinski definition) is 2. The predicted octanol–water partition coefficient (Wildman–Crippen LogP) is 4.64. The summed E-state index contributed by atoms with van der Waals surface area (Å²) in [5.74, 6) is 0.0534. The summed E-state index contributed by atoms with van der Waals surface area (Å²) in [7, 11) is 1.36. The second kappa shape index (κ2) is 9.06. The molecule has 0 fully saturated rings. The first-order chi connectivity index (χ1) is 16.8. The minimum absolute atomic E-state index is 0.0472. The van der Waals surface area contributed by atoms with E-state index in [-0.39, 0.29) is 23.6 Å². The van der Waals surface area contributed by atoms with Crippen LogP contribution in [-0.2, 0) is 22.4 Å². The van der Waals surface area contributed by atoms with Crippen molar-refractivity contribution >= 4 is 16.9 Å². The van der Waals surface area contributed by atoms with E-state index in [0.717, 1.165) is 46.3 Å². The number of para-hydroxylation sites is 1. The third-order valence-electron chi connectivity index (χ3n) is 6.79. The lowest BCUT2D eigenvalue weighted by Crippen LogP contribution is -2.32. The van der Waals surface area contributed by atoms with E-state index in [9.17, 15) is 9.59 Å². The van der Waals surface area contributed by atoms with Gasteiger partial charge in [0, 0.05) is 35.2 Å². The zero-order valence-electron chi connectivity index (χ0n) is 20.2. The van der Waals surface area contributed by atoms with Crippen LogP contribution >= 0.6 is 0 Å². The number of carbonyl (C=O) groups is 1. The van der Waals surface area contributed by atoms with E-state index in [1.807, 2.05) is 42.5 Å². The number of aromatic nitrogens is 3. The Hall–Kier alpha value is -3.87. The molecule has 0 bridgehead atoms. The normalized spacial score (nSPS) is 15.3. The van der Waals surface area contributed by atoms with E-state index >= 15 is 0 Å². The fourth-order valence-electron chi connectivity index (χ4n) is 4.98. The van der Waals surface area contributed by atoms with E-state index in [2.05, 4.69) is 35.1 Å². The SMILES string of the molecule is COC(=O)CC(c1c(Cc2ccc3c(c2)CCC(C)(C)O3)[nH][nH]c1=O)c1ccnc2ccccc12. The monoisotopic (exact) mass is 471 g/mol. The van der Waals surface area contributed by atoms with Gasteiger partial charge in [0.25, 0.3) is 5.56 Å². The Morgan fingerprint density at radius 2 is 2.00 bits per heavy atom. The van der Waals surface area contributed by atoms with Crippen LogP contribution in [0.25, 0.3) is 10.9 Å². The van der Waals surface area contributed by atoms with Crippen LogP contribution < -0.4 is 10.3 Å². The lowest BCUT2D eigenvalue weighted by molar-refractivity contribution is -0.140. The maximum absolute atomic E-state index is 13.1. The minimum atomic E-state index is -0.484. The van der Waals surface area contributed by atoms with Gasteiger partial charge in [-0.15, -0.1) is 0 Å². The topological polar surface area (TPSA) is 97.1 Å². The molecule has 5 rings (SSSR count). The first-order valence-corrected chi connectivity index (χ1v) is 11.9. The molecule has 0 amide bonds. The summed E-state index contributed by atoms with van der Waals surface area (Å²) in [6.07, 6.45) is 4.18. The van der Waals surface area contributed by atoms with Crippen LogP contribution in [0.3, 0.4) is 0 Å². The van der Waals surface area contributed by atoms with Gasteiger partial charge in [0.1, 0.15) is 11.4 Å². The quantitative estimate of drug-likeness (QED) is 0.399. The molecule has 1 atom stereocenters. The smallest absolute Gasteiger partial charge is 0.306 e. The summed E-state index contributed by atoms with van der Waals surface area (Å²) in [6, 6.07) is 15.8. The van der Waals surface area contributed by atoms with Crippen molar-refractivity contribution in [2.24, 2.45) is 0 Å². The number of methoxy groups -OCH3 is 1. The number of esters is 1. The Morgan fingerprint density at radius 3 is 2.83 bits per heavy atom. The molecule has 7 nitrogen and oxygen atoms in total. The number of H-pyrrole nitrogens is 2. The predicted molar refractivity (Wildman–Crippen MR) is 134 cm³/mol. The van der Waals surface area contributed by atoms with Gasteiger partial charge < -0.3 is 14.6 Å². The van der Waals surface area contributed by atoms with E-state index in [0.29, 0.717) is 12.0 Å². The van der Waals surface area contributed by atoms with Crippen LogP contribution in [0.2, 0.25) is 0 Å². The third kappa shape index (κ3) is 4.58. The summed E-state index contributed by atoms with van der Waals surface area (Å²) in [5.41, 5.74) is 4.82. The van der Waals surface area contributed by atoms with Crippen molar-refractivity contribution in [2.75, 3.05) is 7.11 Å². The lowest BCUT2D eigenvalue weighted by atomic mass is 9.85. The number of aryl methyl sites for hydroxylation is 1. The maximum atomic E-state index is 13.1. The van der Waals surface area contributed by atoms with Crippen LogP contribution in [0.4, 0.5) is 0 Å². The number of carbonyl (C=O) groups excluding carboxylic acids is 1. The summed E-state index contributed by atoms with van der Waals surface area (Å²) in [5, 5.41) is 6.72. The number of nitrogens with one attached hydrogen (secondary N) is 2. The summed E-state index contributed by atoms with van der Waals surface area (Å²) < 4.78 is 11.1. The first kappa shape index (κ1) is 22.9. The Labute approximate surface area is 203 Å². The molecule has 35 heavy (non-hydrogen) atoms. The molecule has 1 aliphatic rings. The molecule has 7 heteroatoms. The van der Waals surface area contributed by atoms with Gasteiger partial charge in [-0.25, -0.2) is 0 Å². The lowest BCUT2D eigenvalue weighted by Gasteiger charge is -2.32. The van der Waals surface area contributed by atoms with Crippen molar-refractivity contribution in [3.05, 3.63) is 93.0 Å². The molecule has 4 aromatic rings. The van der Waals surface area contributed by atoms with E-state index in [4.69, 9.17) is 9.47 Å². The molecule has 2 aromatic heterocycles. The number of nitrogens with zero attached hydrogens (tertiary/aromatic N) is 1. The van der Waals surface area contributed by atoms with Gasteiger partial charge >= 0.3 is 5.97 Å². The molecule has 1 unspecified atom stereocenters. The van der Waals surface area contributed by atoms with Crippen molar-refractivity contribution in [3.8, 4) is 5.75 Å². The highest BCUT2D eigenvalue weighted by Crippen LogP contribution is 2.36. The van der Waals surface area contributed by atoms with Crippen LogP contribution in [0.5, 0.6) is 5.75 Å². The van der Waals surface area contributed by atoms with Crippen molar-refractivity contribution in [3.63, 3.8) is 0 Å². The average Bonchev–Trinajstić information content (AvgIpc) is 3.21. The summed E-state index contributed by atoms with van der Waals surface area (Å²) >= 11 is 0. The van der Waals surface area contributed by atoms with Gasteiger partial charge in [-0.05, 0) is 61.6 Å². The van der Waals surface area contributed by atoms with Crippen LogP contribution in [0.15, 0.2) is 59.5 Å². The average molecular weight is 472 g/mol. The Kier molecular flexibility index (Phi) is 5.93. The van der Waals surface area contributed by atoms with Gasteiger partial charge in [0.05, 0.1) is 19.0 Å². The fraction of sp³-hybridized carbons (Fsp3) is 0.321. The second-order valence-electron chi connectivity index (χ2n) is 9.70. The Balaban J connectivity index is 1.55.